The lowest BCUT2D eigenvalue weighted by Crippen LogP contribution is -1.93. The van der Waals surface area contributed by atoms with Crippen LogP contribution >= 0.6 is 0 Å². The Morgan fingerprint density at radius 2 is 1.00 bits per heavy atom. The first-order chi connectivity index (χ1) is 8.77. The van der Waals surface area contributed by atoms with Gasteiger partial charge in [0.05, 0.1) is 0 Å². The first kappa shape index (κ1) is 17.5. The molecule has 108 valence electrons. The number of rotatable bonds is 14. The van der Waals surface area contributed by atoms with Gasteiger partial charge in [-0.3, -0.25) is 0 Å². The number of hydrogen-bond donors (Lipinski definition) is 1. The molecule has 1 heteroatoms. The summed E-state index contributed by atoms with van der Waals surface area (Å²) < 4.78 is 0. The maximum absolute atomic E-state index is 5.54. The quantitative estimate of drug-likeness (QED) is 0.381. The van der Waals surface area contributed by atoms with Crippen molar-refractivity contribution in [3.8, 4) is 0 Å². The lowest BCUT2D eigenvalue weighted by Gasteiger charge is -2.03. The highest BCUT2D eigenvalue weighted by Gasteiger charge is 1.94. The average molecular weight is 253 g/mol. The van der Waals surface area contributed by atoms with Gasteiger partial charge in [0.2, 0.25) is 0 Å². The number of hydrogen-bond acceptors (Lipinski definition) is 1. The molecule has 0 aliphatic heterocycles. The van der Waals surface area contributed by atoms with Crippen molar-refractivity contribution in [1.82, 2.24) is 0 Å². The molecule has 0 aliphatic carbocycles. The molecule has 0 heterocycles. The second kappa shape index (κ2) is 14.6. The molecule has 0 aromatic carbocycles. The SMILES string of the molecule is C=C(N)CCCCCCCCCCCCCCC. The molecule has 0 radical (unpaired) electrons. The van der Waals surface area contributed by atoms with E-state index in [0.29, 0.717) is 0 Å². The molecule has 18 heavy (non-hydrogen) atoms. The third-order valence-electron chi connectivity index (χ3n) is 3.60. The fourth-order valence-corrected chi connectivity index (χ4v) is 2.37. The van der Waals surface area contributed by atoms with Crippen LogP contribution in [-0.4, -0.2) is 0 Å². The van der Waals surface area contributed by atoms with Crippen LogP contribution in [0.25, 0.3) is 0 Å². The van der Waals surface area contributed by atoms with Crippen LogP contribution in [-0.2, 0) is 0 Å². The van der Waals surface area contributed by atoms with Crippen molar-refractivity contribution in [2.24, 2.45) is 5.73 Å². The van der Waals surface area contributed by atoms with Crippen molar-refractivity contribution < 1.29 is 0 Å². The van der Waals surface area contributed by atoms with Crippen molar-refractivity contribution in [2.45, 2.75) is 96.8 Å². The van der Waals surface area contributed by atoms with Gasteiger partial charge in [-0.2, -0.15) is 0 Å². The lowest BCUT2D eigenvalue weighted by molar-refractivity contribution is 0.539. The second-order valence-corrected chi connectivity index (χ2v) is 5.65. The summed E-state index contributed by atoms with van der Waals surface area (Å²) in [6, 6.07) is 0. The number of allylic oxidation sites excluding steroid dienone is 1. The molecular weight excluding hydrogens is 218 g/mol. The predicted octanol–water partition coefficient (Wildman–Crippen LogP) is 5.94. The van der Waals surface area contributed by atoms with Crippen molar-refractivity contribution >= 4 is 0 Å². The molecule has 0 spiro atoms. The summed E-state index contributed by atoms with van der Waals surface area (Å²) in [5.41, 5.74) is 6.38. The van der Waals surface area contributed by atoms with E-state index in [2.05, 4.69) is 13.5 Å². The minimum Gasteiger partial charge on any atom is -0.403 e. The standard InChI is InChI=1S/C17H35N/c1-3-4-5-6-7-8-9-10-11-12-13-14-15-16-17(2)18/h2-16,18H2,1H3. The Bertz CT molecular complexity index is 174. The van der Waals surface area contributed by atoms with E-state index in [1.807, 2.05) is 0 Å². The molecule has 0 aromatic heterocycles. The summed E-state index contributed by atoms with van der Waals surface area (Å²) in [7, 11) is 0. The molecular formula is C17H35N. The van der Waals surface area contributed by atoms with Gasteiger partial charge in [0.25, 0.3) is 0 Å². The van der Waals surface area contributed by atoms with Gasteiger partial charge in [0.15, 0.2) is 0 Å². The Morgan fingerprint density at radius 1 is 0.667 bits per heavy atom. The molecule has 0 fully saturated rings. The molecule has 1 nitrogen and oxygen atoms in total. The molecule has 0 aromatic rings. The van der Waals surface area contributed by atoms with Crippen LogP contribution in [0.4, 0.5) is 0 Å². The summed E-state index contributed by atoms with van der Waals surface area (Å²) in [6.07, 6.45) is 19.3. The maximum atomic E-state index is 5.54. The lowest BCUT2D eigenvalue weighted by atomic mass is 10.0. The Labute approximate surface area is 115 Å². The van der Waals surface area contributed by atoms with Gasteiger partial charge in [0, 0.05) is 5.70 Å². The van der Waals surface area contributed by atoms with E-state index in [-0.39, 0.29) is 0 Å². The van der Waals surface area contributed by atoms with E-state index in [1.165, 1.54) is 83.5 Å². The van der Waals surface area contributed by atoms with Crippen LogP contribution in [0.15, 0.2) is 12.3 Å². The van der Waals surface area contributed by atoms with Gasteiger partial charge >= 0.3 is 0 Å². The van der Waals surface area contributed by atoms with Crippen molar-refractivity contribution in [2.75, 3.05) is 0 Å². The molecule has 0 rings (SSSR count). The fraction of sp³-hybridized carbons (Fsp3) is 0.882. The maximum Gasteiger partial charge on any atom is 0.000744 e. The van der Waals surface area contributed by atoms with Gasteiger partial charge in [-0.05, 0) is 12.8 Å². The summed E-state index contributed by atoms with van der Waals surface area (Å²) in [4.78, 5) is 0. The van der Waals surface area contributed by atoms with Crippen LogP contribution in [0, 0.1) is 0 Å². The highest BCUT2D eigenvalue weighted by Crippen LogP contribution is 2.13. The molecule has 0 saturated carbocycles. The van der Waals surface area contributed by atoms with Gasteiger partial charge in [0.1, 0.15) is 0 Å². The van der Waals surface area contributed by atoms with Gasteiger partial charge in [-0.25, -0.2) is 0 Å². The first-order valence-corrected chi connectivity index (χ1v) is 8.20. The monoisotopic (exact) mass is 253 g/mol. The van der Waals surface area contributed by atoms with Crippen LogP contribution in [0.2, 0.25) is 0 Å². The topological polar surface area (TPSA) is 26.0 Å². The minimum absolute atomic E-state index is 0.845. The van der Waals surface area contributed by atoms with E-state index < -0.39 is 0 Å². The average Bonchev–Trinajstić information content (AvgIpc) is 2.34. The van der Waals surface area contributed by atoms with E-state index >= 15 is 0 Å². The van der Waals surface area contributed by atoms with Crippen molar-refractivity contribution in [1.29, 1.82) is 0 Å². The fourth-order valence-electron chi connectivity index (χ4n) is 2.37. The molecule has 0 atom stereocenters. The normalized spacial score (nSPS) is 10.7. The van der Waals surface area contributed by atoms with Gasteiger partial charge in [-0.15, -0.1) is 0 Å². The summed E-state index contributed by atoms with van der Waals surface area (Å²) >= 11 is 0. The third-order valence-corrected chi connectivity index (χ3v) is 3.60. The zero-order valence-electron chi connectivity index (χ0n) is 12.7. The first-order valence-electron chi connectivity index (χ1n) is 8.20. The van der Waals surface area contributed by atoms with E-state index in [0.717, 1.165) is 12.1 Å². The Balaban J connectivity index is 2.92. The second-order valence-electron chi connectivity index (χ2n) is 5.65. The zero-order chi connectivity index (χ0) is 13.5. The molecule has 0 amide bonds. The highest BCUT2D eigenvalue weighted by molar-refractivity contribution is 4.84. The Kier molecular flexibility index (Phi) is 14.2. The van der Waals surface area contributed by atoms with Crippen LogP contribution in [0.1, 0.15) is 96.8 Å². The predicted molar refractivity (Wildman–Crippen MR) is 83.6 cm³/mol. The van der Waals surface area contributed by atoms with E-state index in [9.17, 15) is 0 Å². The highest BCUT2D eigenvalue weighted by atomic mass is 14.5. The smallest absolute Gasteiger partial charge is 0.000744 e. The van der Waals surface area contributed by atoms with Crippen molar-refractivity contribution in [3.63, 3.8) is 0 Å². The largest absolute Gasteiger partial charge is 0.403 e. The molecule has 2 N–H and O–H groups in total. The number of nitrogens with two attached hydrogens (primary N) is 1. The van der Waals surface area contributed by atoms with E-state index in [4.69, 9.17) is 5.73 Å². The molecule has 0 saturated heterocycles. The Morgan fingerprint density at radius 3 is 1.33 bits per heavy atom. The van der Waals surface area contributed by atoms with E-state index in [1.54, 1.807) is 0 Å². The molecule has 0 bridgehead atoms. The van der Waals surface area contributed by atoms with Crippen LogP contribution in [0.5, 0.6) is 0 Å². The van der Waals surface area contributed by atoms with Crippen LogP contribution in [0.3, 0.4) is 0 Å². The third kappa shape index (κ3) is 15.5. The van der Waals surface area contributed by atoms with Crippen LogP contribution < -0.4 is 5.73 Å². The Hall–Kier alpha value is -0.460. The van der Waals surface area contributed by atoms with Crippen molar-refractivity contribution in [3.05, 3.63) is 12.3 Å². The zero-order valence-corrected chi connectivity index (χ0v) is 12.7. The summed E-state index contributed by atoms with van der Waals surface area (Å²) in [6.45, 7) is 6.01. The minimum atomic E-state index is 0.845. The molecule has 0 unspecified atom stereocenters. The summed E-state index contributed by atoms with van der Waals surface area (Å²) in [5.74, 6) is 0. The van der Waals surface area contributed by atoms with Gasteiger partial charge in [-0.1, -0.05) is 90.6 Å². The number of unbranched alkanes of at least 4 members (excludes halogenated alkanes) is 12. The van der Waals surface area contributed by atoms with Gasteiger partial charge < -0.3 is 5.73 Å². The molecule has 0 aliphatic rings. The summed E-state index contributed by atoms with van der Waals surface area (Å²) in [5, 5.41) is 0.